The maximum absolute atomic E-state index is 12.4. The van der Waals surface area contributed by atoms with Gasteiger partial charge in [0.15, 0.2) is 17.6 Å². The Kier molecular flexibility index (Phi) is 9.43. The second-order valence-electron chi connectivity index (χ2n) is 7.21. The zero-order valence-electron chi connectivity index (χ0n) is 16.9. The number of ether oxygens (including phenoxy) is 3. The Balaban J connectivity index is 2.82. The average Bonchev–Trinajstić information content (AvgIpc) is 2.59. The van der Waals surface area contributed by atoms with E-state index in [4.69, 9.17) is 25.8 Å². The molecule has 27 heavy (non-hydrogen) atoms. The fraction of sp³-hybridized carbons (Fsp3) is 0.600. The summed E-state index contributed by atoms with van der Waals surface area (Å²) in [5.41, 5.74) is 0.191. The molecular formula is C20H30ClNO5. The molecule has 7 heteroatoms. The molecule has 1 aromatic rings. The van der Waals surface area contributed by atoms with Crippen molar-refractivity contribution in [3.63, 3.8) is 0 Å². The van der Waals surface area contributed by atoms with Crippen molar-refractivity contribution in [3.05, 3.63) is 22.7 Å². The Hall–Kier alpha value is -1.95. The third-order valence-electron chi connectivity index (χ3n) is 3.74. The molecule has 0 fully saturated rings. The average molecular weight is 400 g/mol. The quantitative estimate of drug-likeness (QED) is 0.600. The van der Waals surface area contributed by atoms with Gasteiger partial charge < -0.3 is 19.5 Å². The first-order valence-corrected chi connectivity index (χ1v) is 9.52. The molecule has 1 unspecified atom stereocenters. The molecule has 0 saturated carbocycles. The molecule has 0 heterocycles. The normalized spacial score (nSPS) is 12.0. The number of carbonyl (C=O) groups is 2. The number of rotatable bonds is 10. The van der Waals surface area contributed by atoms with E-state index < -0.39 is 12.1 Å². The largest absolute Gasteiger partial charge is 0.493 e. The van der Waals surface area contributed by atoms with Gasteiger partial charge in [-0.2, -0.15) is 0 Å². The Morgan fingerprint density at radius 2 is 1.78 bits per heavy atom. The SMILES string of the molecule is COc1cc(C(=O)OC(C)C(=O)NCC(C)C)cc(Cl)c1OCCC(C)C. The molecule has 1 atom stereocenters. The first kappa shape index (κ1) is 23.1. The van der Waals surface area contributed by atoms with Crippen LogP contribution in [-0.4, -0.2) is 38.2 Å². The highest BCUT2D eigenvalue weighted by molar-refractivity contribution is 6.32. The minimum atomic E-state index is -0.914. The number of benzene rings is 1. The van der Waals surface area contributed by atoms with Crippen LogP contribution in [0.15, 0.2) is 12.1 Å². The van der Waals surface area contributed by atoms with Crippen molar-refractivity contribution in [3.8, 4) is 11.5 Å². The highest BCUT2D eigenvalue weighted by atomic mass is 35.5. The van der Waals surface area contributed by atoms with E-state index >= 15 is 0 Å². The van der Waals surface area contributed by atoms with E-state index in [2.05, 4.69) is 19.2 Å². The van der Waals surface area contributed by atoms with Crippen molar-refractivity contribution in [2.75, 3.05) is 20.3 Å². The van der Waals surface area contributed by atoms with Gasteiger partial charge in [-0.15, -0.1) is 0 Å². The summed E-state index contributed by atoms with van der Waals surface area (Å²) in [6.45, 7) is 10.7. The number of amides is 1. The Bertz CT molecular complexity index is 646. The van der Waals surface area contributed by atoms with Crippen LogP contribution >= 0.6 is 11.6 Å². The van der Waals surface area contributed by atoms with E-state index in [1.807, 2.05) is 13.8 Å². The highest BCUT2D eigenvalue weighted by Gasteiger charge is 2.22. The van der Waals surface area contributed by atoms with Crippen molar-refractivity contribution in [1.82, 2.24) is 5.32 Å². The number of halogens is 1. The summed E-state index contributed by atoms with van der Waals surface area (Å²) < 4.78 is 16.2. The molecule has 0 aromatic heterocycles. The van der Waals surface area contributed by atoms with Crippen LogP contribution < -0.4 is 14.8 Å². The lowest BCUT2D eigenvalue weighted by Crippen LogP contribution is -2.37. The van der Waals surface area contributed by atoms with Crippen molar-refractivity contribution in [2.45, 2.75) is 47.1 Å². The van der Waals surface area contributed by atoms with E-state index in [0.29, 0.717) is 36.5 Å². The van der Waals surface area contributed by atoms with Crippen LogP contribution in [0, 0.1) is 11.8 Å². The van der Waals surface area contributed by atoms with Gasteiger partial charge in [0.2, 0.25) is 0 Å². The van der Waals surface area contributed by atoms with Crippen LogP contribution in [-0.2, 0) is 9.53 Å². The number of carbonyl (C=O) groups excluding carboxylic acids is 2. The number of hydrogen-bond donors (Lipinski definition) is 1. The molecule has 1 aromatic carbocycles. The summed E-state index contributed by atoms with van der Waals surface area (Å²) in [7, 11) is 1.47. The molecule has 1 N–H and O–H groups in total. The molecule has 152 valence electrons. The Morgan fingerprint density at radius 1 is 1.11 bits per heavy atom. The smallest absolute Gasteiger partial charge is 0.339 e. The maximum atomic E-state index is 12.4. The Labute approximate surface area is 166 Å². The molecule has 0 saturated heterocycles. The molecule has 0 spiro atoms. The van der Waals surface area contributed by atoms with Gasteiger partial charge in [-0.25, -0.2) is 4.79 Å². The van der Waals surface area contributed by atoms with Crippen molar-refractivity contribution in [1.29, 1.82) is 0 Å². The summed E-state index contributed by atoms with van der Waals surface area (Å²) in [5, 5.41) is 2.98. The molecule has 6 nitrogen and oxygen atoms in total. The van der Waals surface area contributed by atoms with E-state index in [1.54, 1.807) is 0 Å². The molecule has 0 radical (unpaired) electrons. The van der Waals surface area contributed by atoms with Gasteiger partial charge >= 0.3 is 5.97 Å². The monoisotopic (exact) mass is 399 g/mol. The lowest BCUT2D eigenvalue weighted by atomic mass is 10.1. The summed E-state index contributed by atoms with van der Waals surface area (Å²) >= 11 is 6.26. The minimum Gasteiger partial charge on any atom is -0.493 e. The van der Waals surface area contributed by atoms with Crippen molar-refractivity contribution in [2.24, 2.45) is 11.8 Å². The second-order valence-corrected chi connectivity index (χ2v) is 7.61. The first-order valence-electron chi connectivity index (χ1n) is 9.14. The second kappa shape index (κ2) is 11.0. The predicted octanol–water partition coefficient (Wildman–Crippen LogP) is 4.09. The van der Waals surface area contributed by atoms with Gasteiger partial charge in [-0.3, -0.25) is 4.79 Å². The van der Waals surface area contributed by atoms with Gasteiger partial charge in [0.05, 0.1) is 24.3 Å². The lowest BCUT2D eigenvalue weighted by Gasteiger charge is -2.17. The summed E-state index contributed by atoms with van der Waals surface area (Å²) in [6.07, 6.45) is -0.0466. The van der Waals surface area contributed by atoms with Crippen molar-refractivity contribution >= 4 is 23.5 Å². The summed E-state index contributed by atoms with van der Waals surface area (Å²) in [4.78, 5) is 24.3. The summed E-state index contributed by atoms with van der Waals surface area (Å²) in [5.74, 6) is 0.532. The van der Waals surface area contributed by atoms with E-state index in [9.17, 15) is 9.59 Å². The zero-order valence-corrected chi connectivity index (χ0v) is 17.7. The molecule has 1 amide bonds. The topological polar surface area (TPSA) is 73.9 Å². The van der Waals surface area contributed by atoms with Crippen LogP contribution in [0.5, 0.6) is 11.5 Å². The van der Waals surface area contributed by atoms with Crippen LogP contribution in [0.4, 0.5) is 0 Å². The lowest BCUT2D eigenvalue weighted by molar-refractivity contribution is -0.129. The fourth-order valence-corrected chi connectivity index (χ4v) is 2.37. The predicted molar refractivity (Wildman–Crippen MR) is 106 cm³/mol. The molecule has 0 bridgehead atoms. The third-order valence-corrected chi connectivity index (χ3v) is 4.03. The Morgan fingerprint density at radius 3 is 2.33 bits per heavy atom. The molecular weight excluding hydrogens is 370 g/mol. The number of hydrogen-bond acceptors (Lipinski definition) is 5. The third kappa shape index (κ3) is 7.67. The van der Waals surface area contributed by atoms with E-state index in [-0.39, 0.29) is 16.5 Å². The fourth-order valence-electron chi connectivity index (χ4n) is 2.11. The number of methoxy groups -OCH3 is 1. The number of nitrogens with one attached hydrogen (secondary N) is 1. The minimum absolute atomic E-state index is 0.191. The van der Waals surface area contributed by atoms with Crippen LogP contribution in [0.1, 0.15) is 51.4 Å². The van der Waals surface area contributed by atoms with Crippen LogP contribution in [0.2, 0.25) is 5.02 Å². The van der Waals surface area contributed by atoms with Gasteiger partial charge in [0.1, 0.15) is 0 Å². The summed E-state index contributed by atoms with van der Waals surface area (Å²) in [6, 6.07) is 2.95. The van der Waals surface area contributed by atoms with Gasteiger partial charge in [-0.1, -0.05) is 39.3 Å². The highest BCUT2D eigenvalue weighted by Crippen LogP contribution is 2.37. The zero-order chi connectivity index (χ0) is 20.6. The van der Waals surface area contributed by atoms with E-state index in [0.717, 1.165) is 6.42 Å². The molecule has 1 rings (SSSR count). The molecule has 0 aliphatic rings. The van der Waals surface area contributed by atoms with Gasteiger partial charge in [0, 0.05) is 6.54 Å². The molecule has 0 aliphatic carbocycles. The molecule has 0 aliphatic heterocycles. The van der Waals surface area contributed by atoms with Crippen LogP contribution in [0.25, 0.3) is 0 Å². The van der Waals surface area contributed by atoms with Gasteiger partial charge in [0.25, 0.3) is 5.91 Å². The maximum Gasteiger partial charge on any atom is 0.339 e. The van der Waals surface area contributed by atoms with Gasteiger partial charge in [-0.05, 0) is 37.3 Å². The van der Waals surface area contributed by atoms with Crippen LogP contribution in [0.3, 0.4) is 0 Å². The van der Waals surface area contributed by atoms with Crippen molar-refractivity contribution < 1.29 is 23.8 Å². The number of esters is 1. The van der Waals surface area contributed by atoms with E-state index in [1.165, 1.54) is 26.2 Å². The first-order chi connectivity index (χ1) is 12.6. The standard InChI is InChI=1S/C20H30ClNO5/c1-12(2)7-8-26-18-16(21)9-15(10-17(18)25-6)20(24)27-14(5)19(23)22-11-13(3)4/h9-10,12-14H,7-8,11H2,1-6H3,(H,22,23).